The summed E-state index contributed by atoms with van der Waals surface area (Å²) >= 11 is 2.16. The van der Waals surface area contributed by atoms with E-state index >= 15 is 0 Å². The Kier molecular flexibility index (Phi) is 2.31. The number of ether oxygens (including phenoxy) is 1. The molecule has 0 spiro atoms. The third kappa shape index (κ3) is 1.44. The zero-order valence-corrected chi connectivity index (χ0v) is 10.4. The van der Waals surface area contributed by atoms with Crippen LogP contribution in [0.3, 0.4) is 0 Å². The number of hydrogen-bond donors (Lipinski definition) is 0. The fourth-order valence-electron chi connectivity index (χ4n) is 2.16. The number of halogens is 1. The predicted octanol–water partition coefficient (Wildman–Crippen LogP) is 1.58. The van der Waals surface area contributed by atoms with Crippen LogP contribution in [-0.2, 0) is 11.2 Å². The summed E-state index contributed by atoms with van der Waals surface area (Å²) in [6.07, 6.45) is 2.62. The zero-order chi connectivity index (χ0) is 10.4. The molecule has 0 saturated carbocycles. The number of aromatic nitrogens is 2. The molecule has 2 heterocycles. The smallest absolute Gasteiger partial charge is 0.167 e. The first-order chi connectivity index (χ1) is 7.27. The highest BCUT2D eigenvalue weighted by atomic mass is 127. The van der Waals surface area contributed by atoms with Crippen molar-refractivity contribution in [2.45, 2.75) is 25.3 Å². The highest BCUT2D eigenvalue weighted by molar-refractivity contribution is 14.1. The van der Waals surface area contributed by atoms with Crippen LogP contribution in [0.15, 0.2) is 0 Å². The largest absolute Gasteiger partial charge is 0.377 e. The second-order valence-electron chi connectivity index (χ2n) is 4.03. The van der Waals surface area contributed by atoms with Crippen LogP contribution in [0.1, 0.15) is 34.9 Å². The van der Waals surface area contributed by atoms with Gasteiger partial charge in [-0.05, 0) is 35.4 Å². The minimum atomic E-state index is 0.257. The van der Waals surface area contributed by atoms with Gasteiger partial charge in [-0.1, -0.05) is 0 Å². The molecule has 0 bridgehead atoms. The van der Waals surface area contributed by atoms with E-state index in [9.17, 15) is 4.79 Å². The maximum absolute atomic E-state index is 11.8. The second kappa shape index (κ2) is 3.55. The van der Waals surface area contributed by atoms with E-state index in [0.717, 1.165) is 41.0 Å². The third-order valence-corrected chi connectivity index (χ3v) is 3.78. The van der Waals surface area contributed by atoms with Gasteiger partial charge in [0.2, 0.25) is 0 Å². The number of Topliss-reactive ketones (excluding diaryl/α,β-unsaturated/α-hetero) is 1. The topological polar surface area (TPSA) is 44.1 Å². The van der Waals surface area contributed by atoms with Gasteiger partial charge in [0.1, 0.15) is 3.70 Å². The van der Waals surface area contributed by atoms with Gasteiger partial charge in [-0.2, -0.15) is 5.10 Å². The van der Waals surface area contributed by atoms with Crippen molar-refractivity contribution in [2.75, 3.05) is 13.2 Å². The monoisotopic (exact) mass is 318 g/mol. The molecule has 1 saturated heterocycles. The van der Waals surface area contributed by atoms with Gasteiger partial charge in [0.25, 0.3) is 0 Å². The van der Waals surface area contributed by atoms with Gasteiger partial charge in [-0.25, -0.2) is 0 Å². The van der Waals surface area contributed by atoms with Crippen LogP contribution in [0, 0.1) is 3.70 Å². The Morgan fingerprint density at radius 1 is 1.40 bits per heavy atom. The summed E-state index contributed by atoms with van der Waals surface area (Å²) in [5.41, 5.74) is 2.00. The Morgan fingerprint density at radius 3 is 2.87 bits per heavy atom. The van der Waals surface area contributed by atoms with Gasteiger partial charge in [-0.15, -0.1) is 0 Å². The van der Waals surface area contributed by atoms with Crippen LogP contribution >= 0.6 is 22.6 Å². The van der Waals surface area contributed by atoms with Crippen molar-refractivity contribution in [3.63, 3.8) is 0 Å². The van der Waals surface area contributed by atoms with E-state index in [2.05, 4.69) is 27.7 Å². The van der Waals surface area contributed by atoms with Crippen molar-refractivity contribution < 1.29 is 9.53 Å². The van der Waals surface area contributed by atoms with E-state index in [1.807, 2.05) is 4.68 Å². The lowest BCUT2D eigenvalue weighted by Gasteiger charge is -2.28. The molecule has 1 aliphatic heterocycles. The Labute approximate surface area is 101 Å². The first kappa shape index (κ1) is 9.77. The Balaban J connectivity index is 2.09. The molecule has 0 N–H and O–H groups in total. The quantitative estimate of drug-likeness (QED) is 0.739. The molecule has 15 heavy (non-hydrogen) atoms. The lowest BCUT2D eigenvalue weighted by atomic mass is 9.96. The maximum Gasteiger partial charge on any atom is 0.167 e. The van der Waals surface area contributed by atoms with Gasteiger partial charge in [0, 0.05) is 6.42 Å². The summed E-state index contributed by atoms with van der Waals surface area (Å²) in [6.45, 7) is 1.47. The third-order valence-electron chi connectivity index (χ3n) is 3.03. The molecule has 5 heteroatoms. The summed E-state index contributed by atoms with van der Waals surface area (Å²) < 4.78 is 8.04. The van der Waals surface area contributed by atoms with E-state index in [4.69, 9.17) is 4.74 Å². The summed E-state index contributed by atoms with van der Waals surface area (Å²) in [5, 5.41) is 4.47. The number of nitrogens with zero attached hydrogens (tertiary/aromatic N) is 2. The van der Waals surface area contributed by atoms with Gasteiger partial charge in [0.15, 0.2) is 5.78 Å². The molecule has 2 aliphatic rings. The molecule has 0 atom stereocenters. The number of fused-ring (bicyclic) bond motifs is 1. The van der Waals surface area contributed by atoms with Crippen molar-refractivity contribution in [2.24, 2.45) is 0 Å². The molecule has 0 radical (unpaired) electrons. The Morgan fingerprint density at radius 2 is 2.20 bits per heavy atom. The number of ketones is 1. The average Bonchev–Trinajstić information content (AvgIpc) is 2.43. The maximum atomic E-state index is 11.8. The van der Waals surface area contributed by atoms with E-state index in [1.54, 1.807) is 0 Å². The van der Waals surface area contributed by atoms with E-state index < -0.39 is 0 Å². The minimum absolute atomic E-state index is 0.257. The molecule has 1 aromatic rings. The van der Waals surface area contributed by atoms with Crippen molar-refractivity contribution >= 4 is 28.4 Å². The molecule has 4 nitrogen and oxygen atoms in total. The van der Waals surface area contributed by atoms with Crippen LogP contribution in [0.5, 0.6) is 0 Å². The SMILES string of the molecule is O=C1CCCc2c1c(I)nn2C1COC1. The van der Waals surface area contributed by atoms with Crippen molar-refractivity contribution in [1.29, 1.82) is 0 Å². The molecule has 0 aromatic carbocycles. The van der Waals surface area contributed by atoms with Crippen LogP contribution in [-0.4, -0.2) is 28.8 Å². The summed E-state index contributed by atoms with van der Waals surface area (Å²) in [6, 6.07) is 0.355. The highest BCUT2D eigenvalue weighted by Gasteiger charge is 2.31. The molecule has 80 valence electrons. The molecule has 3 rings (SSSR count). The van der Waals surface area contributed by atoms with Crippen molar-refractivity contribution in [1.82, 2.24) is 9.78 Å². The van der Waals surface area contributed by atoms with Gasteiger partial charge in [-0.3, -0.25) is 9.48 Å². The second-order valence-corrected chi connectivity index (χ2v) is 5.05. The van der Waals surface area contributed by atoms with Crippen LogP contribution in [0.4, 0.5) is 0 Å². The molecule has 1 aliphatic carbocycles. The number of carbonyl (C=O) groups is 1. The van der Waals surface area contributed by atoms with Gasteiger partial charge < -0.3 is 4.74 Å². The molecule has 1 fully saturated rings. The van der Waals surface area contributed by atoms with E-state index in [0.29, 0.717) is 12.5 Å². The fourth-order valence-corrected chi connectivity index (χ4v) is 3.01. The Hall–Kier alpha value is -0.430. The summed E-state index contributed by atoms with van der Waals surface area (Å²) in [4.78, 5) is 11.8. The van der Waals surface area contributed by atoms with Crippen LogP contribution < -0.4 is 0 Å². The van der Waals surface area contributed by atoms with Gasteiger partial charge >= 0.3 is 0 Å². The fraction of sp³-hybridized carbons (Fsp3) is 0.600. The molecule has 1 aromatic heterocycles. The number of rotatable bonds is 1. The highest BCUT2D eigenvalue weighted by Crippen LogP contribution is 2.29. The lowest BCUT2D eigenvalue weighted by molar-refractivity contribution is -0.0300. The van der Waals surface area contributed by atoms with Crippen molar-refractivity contribution in [3.8, 4) is 0 Å². The van der Waals surface area contributed by atoms with E-state index in [-0.39, 0.29) is 5.78 Å². The first-order valence-electron chi connectivity index (χ1n) is 5.15. The Bertz CT molecular complexity index is 423. The van der Waals surface area contributed by atoms with E-state index in [1.165, 1.54) is 0 Å². The van der Waals surface area contributed by atoms with Crippen molar-refractivity contribution in [3.05, 3.63) is 15.0 Å². The number of carbonyl (C=O) groups excluding carboxylic acids is 1. The van der Waals surface area contributed by atoms with Crippen LogP contribution in [0.2, 0.25) is 0 Å². The minimum Gasteiger partial charge on any atom is -0.377 e. The zero-order valence-electron chi connectivity index (χ0n) is 8.20. The molecular weight excluding hydrogens is 307 g/mol. The van der Waals surface area contributed by atoms with Crippen LogP contribution in [0.25, 0.3) is 0 Å². The number of hydrogen-bond acceptors (Lipinski definition) is 3. The molecule has 0 amide bonds. The summed E-state index contributed by atoms with van der Waals surface area (Å²) in [7, 11) is 0. The average molecular weight is 318 g/mol. The summed E-state index contributed by atoms with van der Waals surface area (Å²) in [5.74, 6) is 0.257. The lowest BCUT2D eigenvalue weighted by Crippen LogP contribution is -2.33. The first-order valence-corrected chi connectivity index (χ1v) is 6.23. The molecular formula is C10H11IN2O2. The molecule has 0 unspecified atom stereocenters. The van der Waals surface area contributed by atoms with Gasteiger partial charge in [0.05, 0.1) is 30.5 Å². The standard InChI is InChI=1S/C10H11IN2O2/c11-10-9-7(2-1-3-8(9)14)13(12-10)6-4-15-5-6/h6H,1-5H2. The predicted molar refractivity (Wildman–Crippen MR) is 62.1 cm³/mol. The normalized spacial score (nSPS) is 21.3.